The zero-order chi connectivity index (χ0) is 15.9. The van der Waals surface area contributed by atoms with Crippen molar-refractivity contribution in [3.05, 3.63) is 17.7 Å². The summed E-state index contributed by atoms with van der Waals surface area (Å²) in [4.78, 5) is 12.2. The molecule has 2 rings (SSSR count). The lowest BCUT2D eigenvalue weighted by atomic mass is 9.93. The van der Waals surface area contributed by atoms with E-state index < -0.39 is 0 Å². The minimum Gasteiger partial charge on any atom is -0.493 e. The third-order valence-electron chi connectivity index (χ3n) is 4.24. The van der Waals surface area contributed by atoms with Gasteiger partial charge in [-0.1, -0.05) is 0 Å². The van der Waals surface area contributed by atoms with E-state index >= 15 is 0 Å². The van der Waals surface area contributed by atoms with Gasteiger partial charge in [-0.3, -0.25) is 4.79 Å². The third kappa shape index (κ3) is 5.59. The molecule has 0 aromatic heterocycles. The highest BCUT2D eigenvalue weighted by molar-refractivity contribution is 5.92. The van der Waals surface area contributed by atoms with Gasteiger partial charge in [0, 0.05) is 18.2 Å². The maximum atomic E-state index is 12.2. The van der Waals surface area contributed by atoms with Gasteiger partial charge in [0.1, 0.15) is 0 Å². The van der Waals surface area contributed by atoms with Crippen LogP contribution in [0, 0.1) is 12.8 Å². The van der Waals surface area contributed by atoms with Crippen LogP contribution in [-0.2, 0) is 4.79 Å². The summed E-state index contributed by atoms with van der Waals surface area (Å²) in [5, 5.41) is 6.33. The maximum Gasteiger partial charge on any atom is 0.224 e. The van der Waals surface area contributed by atoms with Crippen LogP contribution in [0.15, 0.2) is 12.1 Å². The molecule has 1 aromatic rings. The second kappa shape index (κ2) is 9.63. The lowest BCUT2D eigenvalue weighted by Crippen LogP contribution is -2.28. The average Bonchev–Trinajstić information content (AvgIpc) is 2.55. The van der Waals surface area contributed by atoms with Crippen LogP contribution < -0.4 is 20.1 Å². The molecule has 0 atom stereocenters. The quantitative estimate of drug-likeness (QED) is 0.833. The Morgan fingerprint density at radius 2 is 1.83 bits per heavy atom. The van der Waals surface area contributed by atoms with Crippen LogP contribution >= 0.6 is 12.4 Å². The molecular formula is C17H27ClN2O3. The summed E-state index contributed by atoms with van der Waals surface area (Å²) in [5.41, 5.74) is 1.75. The second-order valence-electron chi connectivity index (χ2n) is 5.80. The predicted molar refractivity (Wildman–Crippen MR) is 95.0 cm³/mol. The molecule has 1 saturated heterocycles. The molecule has 0 spiro atoms. The zero-order valence-corrected chi connectivity index (χ0v) is 14.9. The van der Waals surface area contributed by atoms with Gasteiger partial charge in [-0.15, -0.1) is 12.4 Å². The molecule has 0 bridgehead atoms. The number of benzene rings is 1. The fraction of sp³-hybridized carbons (Fsp3) is 0.588. The highest BCUT2D eigenvalue weighted by atomic mass is 35.5. The first kappa shape index (κ1) is 19.6. The smallest absolute Gasteiger partial charge is 0.224 e. The normalized spacial score (nSPS) is 14.7. The number of carbonyl (C=O) groups is 1. The first-order valence-corrected chi connectivity index (χ1v) is 7.87. The summed E-state index contributed by atoms with van der Waals surface area (Å²) in [6.45, 7) is 4.09. The number of nitrogens with one attached hydrogen (secondary N) is 2. The van der Waals surface area contributed by atoms with Gasteiger partial charge in [0.2, 0.25) is 5.91 Å². The molecule has 2 N–H and O–H groups in total. The van der Waals surface area contributed by atoms with Gasteiger partial charge in [-0.05, 0) is 56.8 Å². The molecule has 6 heteroatoms. The molecule has 1 aliphatic heterocycles. The molecule has 1 heterocycles. The number of rotatable bonds is 6. The van der Waals surface area contributed by atoms with Crippen LogP contribution in [0.3, 0.4) is 0 Å². The fourth-order valence-electron chi connectivity index (χ4n) is 2.83. The topological polar surface area (TPSA) is 59.6 Å². The molecule has 130 valence electrons. The van der Waals surface area contributed by atoms with Gasteiger partial charge in [-0.2, -0.15) is 0 Å². The number of anilines is 1. The summed E-state index contributed by atoms with van der Waals surface area (Å²) in [6, 6.07) is 3.69. The van der Waals surface area contributed by atoms with Crippen LogP contribution in [0.5, 0.6) is 11.5 Å². The Kier molecular flexibility index (Phi) is 8.20. The number of piperidine rings is 1. The minimum atomic E-state index is 0. The van der Waals surface area contributed by atoms with Crippen LogP contribution in [0.2, 0.25) is 0 Å². The third-order valence-corrected chi connectivity index (χ3v) is 4.24. The highest BCUT2D eigenvalue weighted by Crippen LogP contribution is 2.33. The first-order chi connectivity index (χ1) is 10.6. The van der Waals surface area contributed by atoms with Crippen LogP contribution in [0.1, 0.15) is 31.2 Å². The van der Waals surface area contributed by atoms with Crippen molar-refractivity contribution in [3.8, 4) is 11.5 Å². The number of methoxy groups -OCH3 is 2. The van der Waals surface area contributed by atoms with E-state index in [0.29, 0.717) is 23.8 Å². The van der Waals surface area contributed by atoms with Gasteiger partial charge in [-0.25, -0.2) is 0 Å². The summed E-state index contributed by atoms with van der Waals surface area (Å²) in [6.07, 6.45) is 3.86. The van der Waals surface area contributed by atoms with Crippen molar-refractivity contribution in [1.82, 2.24) is 5.32 Å². The number of aryl methyl sites for hydroxylation is 1. The van der Waals surface area contributed by atoms with Crippen molar-refractivity contribution in [2.45, 2.75) is 32.6 Å². The molecule has 1 aromatic carbocycles. The lowest BCUT2D eigenvalue weighted by Gasteiger charge is -2.22. The Morgan fingerprint density at radius 3 is 2.43 bits per heavy atom. The molecule has 23 heavy (non-hydrogen) atoms. The molecule has 0 aliphatic carbocycles. The van der Waals surface area contributed by atoms with Crippen LogP contribution in [0.4, 0.5) is 5.69 Å². The summed E-state index contributed by atoms with van der Waals surface area (Å²) >= 11 is 0. The standard InChI is InChI=1S/C17H26N2O3.ClH/c1-12-10-15(21-2)16(22-3)11-14(12)19-17(20)5-4-13-6-8-18-9-7-13;/h10-11,13,18H,4-9H2,1-3H3,(H,19,20);1H. The highest BCUT2D eigenvalue weighted by Gasteiger charge is 2.15. The number of ether oxygens (including phenoxy) is 2. The van der Waals surface area contributed by atoms with Crippen molar-refractivity contribution in [3.63, 3.8) is 0 Å². The molecule has 1 aliphatic rings. The Bertz CT molecular complexity index is 517. The van der Waals surface area contributed by atoms with E-state index in [1.807, 2.05) is 19.1 Å². The van der Waals surface area contributed by atoms with Crippen molar-refractivity contribution >= 4 is 24.0 Å². The second-order valence-corrected chi connectivity index (χ2v) is 5.80. The molecule has 1 fully saturated rings. The van der Waals surface area contributed by atoms with Crippen molar-refractivity contribution in [2.24, 2.45) is 5.92 Å². The van der Waals surface area contributed by atoms with E-state index in [2.05, 4.69) is 10.6 Å². The van der Waals surface area contributed by atoms with E-state index in [-0.39, 0.29) is 18.3 Å². The van der Waals surface area contributed by atoms with E-state index in [4.69, 9.17) is 9.47 Å². The summed E-state index contributed by atoms with van der Waals surface area (Å²) < 4.78 is 10.5. The largest absolute Gasteiger partial charge is 0.493 e. The van der Waals surface area contributed by atoms with Gasteiger partial charge >= 0.3 is 0 Å². The van der Waals surface area contributed by atoms with E-state index in [1.165, 1.54) is 12.8 Å². The number of hydrogen-bond donors (Lipinski definition) is 2. The maximum absolute atomic E-state index is 12.2. The molecule has 0 unspecified atom stereocenters. The Labute approximate surface area is 144 Å². The van der Waals surface area contributed by atoms with E-state index in [9.17, 15) is 4.79 Å². The summed E-state index contributed by atoms with van der Waals surface area (Å²) in [7, 11) is 3.20. The van der Waals surface area contributed by atoms with Gasteiger partial charge in [0.25, 0.3) is 0 Å². The lowest BCUT2D eigenvalue weighted by molar-refractivity contribution is -0.116. The Balaban J connectivity index is 0.00000264. The number of amides is 1. The van der Waals surface area contributed by atoms with E-state index in [1.54, 1.807) is 14.2 Å². The predicted octanol–water partition coefficient (Wildman–Crippen LogP) is 3.15. The van der Waals surface area contributed by atoms with E-state index in [0.717, 1.165) is 30.8 Å². The fourth-order valence-corrected chi connectivity index (χ4v) is 2.83. The SMILES string of the molecule is COc1cc(C)c(NC(=O)CCC2CCNCC2)cc1OC.Cl. The number of carbonyl (C=O) groups excluding carboxylic acids is 1. The Hall–Kier alpha value is -1.46. The van der Waals surface area contributed by atoms with Gasteiger partial charge in [0.15, 0.2) is 11.5 Å². The minimum absolute atomic E-state index is 0. The van der Waals surface area contributed by atoms with Gasteiger partial charge < -0.3 is 20.1 Å². The van der Waals surface area contributed by atoms with Crippen molar-refractivity contribution in [1.29, 1.82) is 0 Å². The number of halogens is 1. The molecular weight excluding hydrogens is 316 g/mol. The first-order valence-electron chi connectivity index (χ1n) is 7.87. The number of hydrogen-bond acceptors (Lipinski definition) is 4. The average molecular weight is 343 g/mol. The zero-order valence-electron chi connectivity index (χ0n) is 14.1. The van der Waals surface area contributed by atoms with Crippen LogP contribution in [0.25, 0.3) is 0 Å². The molecule has 5 nitrogen and oxygen atoms in total. The monoisotopic (exact) mass is 342 g/mol. The molecule has 0 saturated carbocycles. The molecule has 0 radical (unpaired) electrons. The van der Waals surface area contributed by atoms with Gasteiger partial charge in [0.05, 0.1) is 14.2 Å². The Morgan fingerprint density at radius 1 is 1.22 bits per heavy atom. The van der Waals surface area contributed by atoms with Crippen molar-refractivity contribution < 1.29 is 14.3 Å². The molecule has 1 amide bonds. The van der Waals surface area contributed by atoms with Crippen molar-refractivity contribution in [2.75, 3.05) is 32.6 Å². The van der Waals surface area contributed by atoms with Crippen LogP contribution in [-0.4, -0.2) is 33.2 Å². The summed E-state index contributed by atoms with van der Waals surface area (Å²) in [5.74, 6) is 2.03.